The molecule has 0 atom stereocenters. The van der Waals surface area contributed by atoms with Crippen LogP contribution >= 0.6 is 11.3 Å². The first-order valence-corrected chi connectivity index (χ1v) is 10.5. The molecule has 9 heteroatoms. The Hall–Kier alpha value is -3.69. The summed E-state index contributed by atoms with van der Waals surface area (Å²) in [6, 6.07) is 19.2. The van der Waals surface area contributed by atoms with Gasteiger partial charge in [0.2, 0.25) is 0 Å². The Morgan fingerprint density at radius 1 is 0.906 bits per heavy atom. The predicted molar refractivity (Wildman–Crippen MR) is 118 cm³/mol. The molecular weight excluding hydrogens is 432 g/mol. The number of hydrogen-bond acceptors (Lipinski definition) is 6. The summed E-state index contributed by atoms with van der Waals surface area (Å²) in [6.45, 7) is 0.445. The van der Waals surface area contributed by atoms with Crippen LogP contribution in [-0.4, -0.2) is 40.3 Å². The topological polar surface area (TPSA) is 96.4 Å². The number of nitrogens with zero attached hydrogens (tertiary/aromatic N) is 2. The first-order chi connectivity index (χ1) is 15.5. The van der Waals surface area contributed by atoms with Crippen molar-refractivity contribution in [3.05, 3.63) is 93.7 Å². The van der Waals surface area contributed by atoms with Crippen molar-refractivity contribution in [2.75, 3.05) is 7.11 Å². The van der Waals surface area contributed by atoms with E-state index in [1.165, 1.54) is 28.4 Å². The van der Waals surface area contributed by atoms with Crippen molar-refractivity contribution in [2.45, 2.75) is 19.7 Å². The third-order valence-corrected chi connectivity index (χ3v) is 5.36. The number of amides is 3. The lowest BCUT2D eigenvalue weighted by Crippen LogP contribution is -2.36. The Morgan fingerprint density at radius 2 is 1.62 bits per heavy atom. The summed E-state index contributed by atoms with van der Waals surface area (Å²) in [5, 5.41) is 12.0. The zero-order valence-corrected chi connectivity index (χ0v) is 18.2. The Morgan fingerprint density at radius 3 is 2.22 bits per heavy atom. The third-order valence-electron chi connectivity index (χ3n) is 4.50. The zero-order chi connectivity index (χ0) is 22.9. The van der Waals surface area contributed by atoms with E-state index in [0.717, 1.165) is 17.6 Å². The van der Waals surface area contributed by atoms with Gasteiger partial charge >= 0.3 is 12.2 Å². The minimum absolute atomic E-state index is 0.00998. The van der Waals surface area contributed by atoms with Crippen molar-refractivity contribution in [1.29, 1.82) is 0 Å². The van der Waals surface area contributed by atoms with Gasteiger partial charge in [0.1, 0.15) is 6.61 Å². The van der Waals surface area contributed by atoms with E-state index in [4.69, 9.17) is 4.84 Å². The second-order valence-electron chi connectivity index (χ2n) is 6.74. The standard InChI is InChI=1S/C23H22N2O6S/c1-30-23(29)25(31-16-18-6-3-2-4-7-18)21(26)19-11-9-17(10-12-19)14-24(22(27)28)15-20-8-5-13-32-20/h2-13H,14-16H2,1H3,(H,27,28). The van der Waals surface area contributed by atoms with E-state index in [2.05, 4.69) is 4.74 Å². The van der Waals surface area contributed by atoms with Crippen LogP contribution in [0.4, 0.5) is 9.59 Å². The number of rotatable bonds is 8. The van der Waals surface area contributed by atoms with Crippen LogP contribution in [0.1, 0.15) is 26.4 Å². The molecule has 0 fully saturated rings. The summed E-state index contributed by atoms with van der Waals surface area (Å²) in [5.41, 5.74) is 1.69. The number of hydroxylamine groups is 2. The Kier molecular flexibility index (Phi) is 7.96. The maximum Gasteiger partial charge on any atom is 0.441 e. The van der Waals surface area contributed by atoms with Crippen molar-refractivity contribution in [3.8, 4) is 0 Å². The van der Waals surface area contributed by atoms with Gasteiger partial charge in [-0.3, -0.25) is 14.5 Å². The normalized spacial score (nSPS) is 10.4. The van der Waals surface area contributed by atoms with Crippen molar-refractivity contribution in [3.63, 3.8) is 0 Å². The number of carbonyl (C=O) groups is 3. The molecule has 0 saturated heterocycles. The largest absolute Gasteiger partial charge is 0.465 e. The summed E-state index contributed by atoms with van der Waals surface area (Å²) in [7, 11) is 1.16. The number of ether oxygens (including phenoxy) is 1. The van der Waals surface area contributed by atoms with Crippen LogP contribution < -0.4 is 0 Å². The number of carboxylic acid groups (broad SMARTS) is 1. The van der Waals surface area contributed by atoms with Crippen molar-refractivity contribution < 1.29 is 29.1 Å². The lowest BCUT2D eigenvalue weighted by atomic mass is 10.1. The fourth-order valence-electron chi connectivity index (χ4n) is 2.86. The molecule has 0 radical (unpaired) electrons. The number of carbonyl (C=O) groups excluding carboxylic acids is 2. The summed E-state index contributed by atoms with van der Waals surface area (Å²) in [4.78, 5) is 44.1. The van der Waals surface area contributed by atoms with Gasteiger partial charge in [0.15, 0.2) is 0 Å². The molecule has 166 valence electrons. The van der Waals surface area contributed by atoms with Crippen LogP contribution in [0.2, 0.25) is 0 Å². The smallest absolute Gasteiger partial charge is 0.441 e. The van der Waals surface area contributed by atoms with Gasteiger partial charge in [-0.2, -0.15) is 0 Å². The summed E-state index contributed by atoms with van der Waals surface area (Å²) >= 11 is 1.48. The summed E-state index contributed by atoms with van der Waals surface area (Å²) in [5.74, 6) is -0.687. The molecule has 8 nitrogen and oxygen atoms in total. The molecule has 3 aromatic rings. The maximum absolute atomic E-state index is 12.8. The SMILES string of the molecule is COC(=O)N(OCc1ccccc1)C(=O)c1ccc(CN(Cc2cccs2)C(=O)O)cc1. The minimum atomic E-state index is -1.04. The van der Waals surface area contributed by atoms with E-state index in [1.807, 2.05) is 35.7 Å². The maximum atomic E-state index is 12.8. The quantitative estimate of drug-likeness (QED) is 0.493. The first kappa shape index (κ1) is 23.0. The van der Waals surface area contributed by atoms with Crippen molar-refractivity contribution >= 4 is 29.4 Å². The van der Waals surface area contributed by atoms with E-state index < -0.39 is 18.1 Å². The number of benzene rings is 2. The number of imide groups is 1. The van der Waals surface area contributed by atoms with Crippen LogP contribution in [0, 0.1) is 0 Å². The molecular formula is C23H22N2O6S. The molecule has 0 aliphatic heterocycles. The molecule has 32 heavy (non-hydrogen) atoms. The molecule has 1 heterocycles. The van der Waals surface area contributed by atoms with E-state index >= 15 is 0 Å². The van der Waals surface area contributed by atoms with Gasteiger partial charge in [-0.25, -0.2) is 9.59 Å². The highest BCUT2D eigenvalue weighted by Crippen LogP contribution is 2.16. The predicted octanol–water partition coefficient (Wildman–Crippen LogP) is 4.77. The molecule has 3 rings (SSSR count). The molecule has 0 spiro atoms. The van der Waals surface area contributed by atoms with Crippen LogP contribution in [0.5, 0.6) is 0 Å². The van der Waals surface area contributed by atoms with Gasteiger partial charge in [0.05, 0.1) is 13.7 Å². The van der Waals surface area contributed by atoms with E-state index in [-0.39, 0.29) is 25.3 Å². The molecule has 0 saturated carbocycles. The third kappa shape index (κ3) is 6.16. The highest BCUT2D eigenvalue weighted by molar-refractivity contribution is 7.09. The fourth-order valence-corrected chi connectivity index (χ4v) is 3.58. The molecule has 0 aliphatic carbocycles. The number of thiophene rings is 1. The highest BCUT2D eigenvalue weighted by Gasteiger charge is 2.25. The van der Waals surface area contributed by atoms with Gasteiger partial charge in [-0.15, -0.1) is 16.4 Å². The first-order valence-electron chi connectivity index (χ1n) is 9.66. The van der Waals surface area contributed by atoms with Crippen molar-refractivity contribution in [2.24, 2.45) is 0 Å². The Balaban J connectivity index is 1.68. The van der Waals surface area contributed by atoms with Crippen LogP contribution in [-0.2, 0) is 29.3 Å². The van der Waals surface area contributed by atoms with E-state index in [0.29, 0.717) is 10.6 Å². The molecule has 1 N–H and O–H groups in total. The number of hydrogen-bond donors (Lipinski definition) is 1. The Bertz CT molecular complexity index is 1040. The van der Waals surface area contributed by atoms with Crippen LogP contribution in [0.15, 0.2) is 72.1 Å². The monoisotopic (exact) mass is 454 g/mol. The van der Waals surface area contributed by atoms with Gasteiger partial charge in [0, 0.05) is 17.0 Å². The van der Waals surface area contributed by atoms with E-state index in [9.17, 15) is 19.5 Å². The lowest BCUT2D eigenvalue weighted by molar-refractivity contribution is -0.113. The van der Waals surface area contributed by atoms with Crippen molar-refractivity contribution in [1.82, 2.24) is 9.96 Å². The molecule has 3 amide bonds. The zero-order valence-electron chi connectivity index (χ0n) is 17.3. The molecule has 0 unspecified atom stereocenters. The minimum Gasteiger partial charge on any atom is -0.465 e. The summed E-state index contributed by atoms with van der Waals surface area (Å²) < 4.78 is 4.67. The van der Waals surface area contributed by atoms with Gasteiger partial charge in [-0.1, -0.05) is 48.5 Å². The number of methoxy groups -OCH3 is 1. The van der Waals surface area contributed by atoms with Gasteiger partial charge < -0.3 is 9.84 Å². The lowest BCUT2D eigenvalue weighted by Gasteiger charge is -2.20. The summed E-state index contributed by atoms with van der Waals surface area (Å²) in [6.07, 6.45) is -1.98. The highest BCUT2D eigenvalue weighted by atomic mass is 32.1. The average molecular weight is 455 g/mol. The van der Waals surface area contributed by atoms with Gasteiger partial charge in [-0.05, 0) is 34.7 Å². The second kappa shape index (κ2) is 11.1. The fraction of sp³-hybridized carbons (Fsp3) is 0.174. The van der Waals surface area contributed by atoms with E-state index in [1.54, 1.807) is 24.3 Å². The van der Waals surface area contributed by atoms with Gasteiger partial charge in [0.25, 0.3) is 5.91 Å². The Labute approximate surface area is 189 Å². The molecule has 2 aromatic carbocycles. The average Bonchev–Trinajstić information content (AvgIpc) is 3.32. The second-order valence-corrected chi connectivity index (χ2v) is 7.78. The van der Waals surface area contributed by atoms with Crippen LogP contribution in [0.3, 0.4) is 0 Å². The molecule has 1 aromatic heterocycles. The molecule has 0 bridgehead atoms. The molecule has 0 aliphatic rings. The van der Waals surface area contributed by atoms with Crippen LogP contribution in [0.25, 0.3) is 0 Å².